The molecular formula is C20H32. The molecule has 0 spiro atoms. The van der Waals surface area contributed by atoms with Gasteiger partial charge in [0.05, 0.1) is 0 Å². The van der Waals surface area contributed by atoms with Crippen LogP contribution in [0.5, 0.6) is 0 Å². The van der Waals surface area contributed by atoms with Gasteiger partial charge in [-0.05, 0) is 50.5 Å². The van der Waals surface area contributed by atoms with Crippen molar-refractivity contribution < 1.29 is 0 Å². The van der Waals surface area contributed by atoms with Crippen molar-refractivity contribution in [3.05, 3.63) is 47.1 Å². The molecule has 0 aromatic carbocycles. The van der Waals surface area contributed by atoms with Gasteiger partial charge in [0.15, 0.2) is 0 Å². The minimum atomic E-state index is 0.343. The number of allylic oxidation sites excluding steroid dienone is 8. The van der Waals surface area contributed by atoms with Gasteiger partial charge in [0, 0.05) is 0 Å². The molecule has 0 unspecified atom stereocenters. The fraction of sp³-hybridized carbons (Fsp3) is 0.600. The third kappa shape index (κ3) is 5.53. The Balaban J connectivity index is 2.66. The predicted octanol–water partition coefficient (Wildman–Crippen LogP) is 6.76. The molecular weight excluding hydrogens is 240 g/mol. The molecule has 0 radical (unpaired) electrons. The van der Waals surface area contributed by atoms with Crippen LogP contribution in [0.3, 0.4) is 0 Å². The second-order valence-electron chi connectivity index (χ2n) is 6.75. The van der Waals surface area contributed by atoms with Crippen molar-refractivity contribution in [3.8, 4) is 0 Å². The number of hydrogen-bond donors (Lipinski definition) is 0. The van der Waals surface area contributed by atoms with Crippen LogP contribution in [0.4, 0.5) is 0 Å². The Morgan fingerprint density at radius 1 is 1.30 bits per heavy atom. The monoisotopic (exact) mass is 272 g/mol. The first kappa shape index (κ1) is 17.0. The first-order valence-electron chi connectivity index (χ1n) is 8.19. The molecule has 0 aliphatic heterocycles. The molecule has 20 heavy (non-hydrogen) atoms. The number of unbranched alkanes of at least 4 members (excludes halogenated alkanes) is 2. The van der Waals surface area contributed by atoms with Gasteiger partial charge in [-0.25, -0.2) is 0 Å². The summed E-state index contributed by atoms with van der Waals surface area (Å²) in [5, 5.41) is 0. The Morgan fingerprint density at radius 2 is 2.05 bits per heavy atom. The molecule has 0 fully saturated rings. The molecule has 0 nitrogen and oxygen atoms in total. The topological polar surface area (TPSA) is 0 Å². The van der Waals surface area contributed by atoms with Crippen molar-refractivity contribution in [1.29, 1.82) is 0 Å². The molecule has 0 heterocycles. The van der Waals surface area contributed by atoms with Crippen LogP contribution < -0.4 is 0 Å². The summed E-state index contributed by atoms with van der Waals surface area (Å²) >= 11 is 0. The van der Waals surface area contributed by atoms with E-state index in [4.69, 9.17) is 0 Å². The van der Waals surface area contributed by atoms with Gasteiger partial charge in [-0.2, -0.15) is 0 Å². The summed E-state index contributed by atoms with van der Waals surface area (Å²) in [4.78, 5) is 0. The van der Waals surface area contributed by atoms with Crippen LogP contribution in [0.1, 0.15) is 73.1 Å². The highest BCUT2D eigenvalue weighted by atomic mass is 14.3. The summed E-state index contributed by atoms with van der Waals surface area (Å²) < 4.78 is 0. The first-order valence-corrected chi connectivity index (χ1v) is 8.19. The molecule has 1 rings (SSSR count). The summed E-state index contributed by atoms with van der Waals surface area (Å²) in [5.74, 6) is 0. The Bertz CT molecular complexity index is 413. The Morgan fingerprint density at radius 3 is 2.70 bits per heavy atom. The van der Waals surface area contributed by atoms with Gasteiger partial charge in [0.1, 0.15) is 0 Å². The molecule has 0 aromatic rings. The Hall–Kier alpha value is -1.04. The highest BCUT2D eigenvalue weighted by Crippen LogP contribution is 2.40. The lowest BCUT2D eigenvalue weighted by molar-refractivity contribution is 0.377. The average Bonchev–Trinajstić information content (AvgIpc) is 2.37. The van der Waals surface area contributed by atoms with Crippen LogP contribution in [0.15, 0.2) is 47.1 Å². The molecule has 0 amide bonds. The molecule has 112 valence electrons. The van der Waals surface area contributed by atoms with E-state index in [1.54, 1.807) is 11.1 Å². The summed E-state index contributed by atoms with van der Waals surface area (Å²) in [7, 11) is 0. The van der Waals surface area contributed by atoms with E-state index >= 15 is 0 Å². The molecule has 0 aromatic heterocycles. The normalized spacial score (nSPS) is 20.4. The lowest BCUT2D eigenvalue weighted by Gasteiger charge is -2.32. The van der Waals surface area contributed by atoms with Gasteiger partial charge in [0.25, 0.3) is 0 Å². The van der Waals surface area contributed by atoms with Gasteiger partial charge in [-0.1, -0.05) is 75.1 Å². The maximum Gasteiger partial charge on any atom is -0.0104 e. The lowest BCUT2D eigenvalue weighted by atomic mass is 9.72. The van der Waals surface area contributed by atoms with Crippen molar-refractivity contribution >= 4 is 0 Å². The molecule has 0 saturated heterocycles. The molecule has 0 bridgehead atoms. The molecule has 0 atom stereocenters. The lowest BCUT2D eigenvalue weighted by Crippen LogP contribution is -2.19. The van der Waals surface area contributed by atoms with Crippen molar-refractivity contribution in [2.24, 2.45) is 5.41 Å². The summed E-state index contributed by atoms with van der Waals surface area (Å²) in [5.41, 5.74) is 4.80. The molecule has 1 aliphatic carbocycles. The highest BCUT2D eigenvalue weighted by molar-refractivity contribution is 5.36. The maximum atomic E-state index is 2.37. The fourth-order valence-electron chi connectivity index (χ4n) is 2.92. The van der Waals surface area contributed by atoms with E-state index in [-0.39, 0.29) is 0 Å². The van der Waals surface area contributed by atoms with Crippen molar-refractivity contribution in [2.45, 2.75) is 73.1 Å². The second-order valence-corrected chi connectivity index (χ2v) is 6.75. The largest absolute Gasteiger partial charge is 0.0845 e. The second kappa shape index (κ2) is 8.29. The SMILES string of the molecule is CCCC/C=C/C=C(C)/C=C/C1=C(C)CCCC1(C)C. The van der Waals surface area contributed by atoms with Crippen LogP contribution in [-0.4, -0.2) is 0 Å². The zero-order chi connectivity index (χ0) is 15.0. The first-order chi connectivity index (χ1) is 9.47. The molecule has 0 heteroatoms. The zero-order valence-corrected chi connectivity index (χ0v) is 14.1. The third-order valence-electron chi connectivity index (χ3n) is 4.27. The van der Waals surface area contributed by atoms with Gasteiger partial charge >= 0.3 is 0 Å². The predicted molar refractivity (Wildman–Crippen MR) is 91.9 cm³/mol. The third-order valence-corrected chi connectivity index (χ3v) is 4.27. The maximum absolute atomic E-state index is 2.37. The van der Waals surface area contributed by atoms with Gasteiger partial charge in [-0.3, -0.25) is 0 Å². The highest BCUT2D eigenvalue weighted by Gasteiger charge is 2.26. The van der Waals surface area contributed by atoms with Gasteiger partial charge in [-0.15, -0.1) is 0 Å². The van der Waals surface area contributed by atoms with E-state index < -0.39 is 0 Å². The quantitative estimate of drug-likeness (QED) is 0.370. The number of rotatable bonds is 6. The van der Waals surface area contributed by atoms with Crippen molar-refractivity contribution in [2.75, 3.05) is 0 Å². The number of hydrogen-bond acceptors (Lipinski definition) is 0. The Labute approximate surface area is 126 Å². The summed E-state index contributed by atoms with van der Waals surface area (Å²) in [6.07, 6.45) is 19.0. The zero-order valence-electron chi connectivity index (χ0n) is 14.1. The van der Waals surface area contributed by atoms with E-state index in [1.807, 2.05) is 0 Å². The van der Waals surface area contributed by atoms with Gasteiger partial charge in [0.2, 0.25) is 0 Å². The average molecular weight is 272 g/mol. The van der Waals surface area contributed by atoms with Crippen LogP contribution >= 0.6 is 0 Å². The smallest absolute Gasteiger partial charge is 0.0104 e. The van der Waals surface area contributed by atoms with E-state index in [0.717, 1.165) is 0 Å². The van der Waals surface area contributed by atoms with Crippen LogP contribution in [0, 0.1) is 5.41 Å². The Kier molecular flexibility index (Phi) is 7.05. The van der Waals surface area contributed by atoms with Crippen molar-refractivity contribution in [3.63, 3.8) is 0 Å². The van der Waals surface area contributed by atoms with Gasteiger partial charge < -0.3 is 0 Å². The standard InChI is InChI=1S/C20H32/c1-6-7-8-9-10-12-17(2)14-15-19-18(3)13-11-16-20(19,4)5/h9-10,12,14-15H,6-8,11,13,16H2,1-5H3/b10-9+,15-14+,17-12+. The van der Waals surface area contributed by atoms with Crippen LogP contribution in [-0.2, 0) is 0 Å². The summed E-state index contributed by atoms with van der Waals surface area (Å²) in [6.45, 7) is 11.5. The molecule has 0 N–H and O–H groups in total. The fourth-order valence-corrected chi connectivity index (χ4v) is 2.92. The van der Waals surface area contributed by atoms with Crippen LogP contribution in [0.25, 0.3) is 0 Å². The minimum Gasteiger partial charge on any atom is -0.0845 e. The van der Waals surface area contributed by atoms with Crippen LogP contribution in [0.2, 0.25) is 0 Å². The molecule has 0 saturated carbocycles. The van der Waals surface area contributed by atoms with E-state index in [9.17, 15) is 0 Å². The van der Waals surface area contributed by atoms with E-state index in [2.05, 4.69) is 65.0 Å². The van der Waals surface area contributed by atoms with E-state index in [1.165, 1.54) is 44.1 Å². The summed E-state index contributed by atoms with van der Waals surface area (Å²) in [6, 6.07) is 0. The minimum absolute atomic E-state index is 0.343. The van der Waals surface area contributed by atoms with E-state index in [0.29, 0.717) is 5.41 Å². The molecule has 1 aliphatic rings. The van der Waals surface area contributed by atoms with Crippen molar-refractivity contribution in [1.82, 2.24) is 0 Å².